The monoisotopic (exact) mass is 440 g/mol. The molecule has 0 aromatic rings. The van der Waals surface area contributed by atoms with E-state index in [9.17, 15) is 24.0 Å². The molecule has 3 unspecified atom stereocenters. The number of nitrogens with two attached hydrogens (primary N) is 2. The van der Waals surface area contributed by atoms with Crippen molar-refractivity contribution in [2.24, 2.45) is 16.5 Å². The molecule has 0 aromatic carbocycles. The number of carboxylic acid groups (broad SMARTS) is 1. The Bertz CT molecular complexity index is 753. The Morgan fingerprint density at radius 1 is 1.03 bits per heavy atom. The van der Waals surface area contributed by atoms with Crippen LogP contribution in [0.5, 0.6) is 0 Å². The Labute approximate surface area is 177 Å². The van der Waals surface area contributed by atoms with Gasteiger partial charge in [-0.3, -0.25) is 29.0 Å². The van der Waals surface area contributed by atoms with Crippen LogP contribution in [0.25, 0.3) is 0 Å². The van der Waals surface area contributed by atoms with Crippen molar-refractivity contribution < 1.29 is 29.1 Å². The lowest BCUT2D eigenvalue weighted by Gasteiger charge is -2.23. The van der Waals surface area contributed by atoms with Crippen molar-refractivity contribution in [1.29, 1.82) is 0 Å². The summed E-state index contributed by atoms with van der Waals surface area (Å²) in [4.78, 5) is 64.6. The Kier molecular flexibility index (Phi) is 8.54. The first-order valence-electron chi connectivity index (χ1n) is 9.84. The summed E-state index contributed by atoms with van der Waals surface area (Å²) in [5, 5.41) is 22.0. The minimum atomic E-state index is -1.31. The number of aliphatic carboxylic acids is 1. The molecule has 2 saturated heterocycles. The van der Waals surface area contributed by atoms with Crippen molar-refractivity contribution >= 4 is 35.6 Å². The fraction of sp³-hybridized carbons (Fsp3) is 0.647. The SMILES string of the molecule is NC(N)=NCCCC1NC(=O)C2C[C@@H](CN2)NC(=O)C(CC(=O)O)NC(=O)CNC1=O. The van der Waals surface area contributed by atoms with Gasteiger partial charge in [0.05, 0.1) is 19.0 Å². The van der Waals surface area contributed by atoms with Crippen LogP contribution >= 0.6 is 0 Å². The van der Waals surface area contributed by atoms with Crippen LogP contribution in [0.4, 0.5) is 0 Å². The van der Waals surface area contributed by atoms with E-state index in [0.717, 1.165) is 0 Å². The third-order valence-corrected chi connectivity index (χ3v) is 4.83. The Morgan fingerprint density at radius 3 is 2.45 bits per heavy atom. The number of rotatable bonds is 6. The highest BCUT2D eigenvalue weighted by atomic mass is 16.4. The highest BCUT2D eigenvalue weighted by Crippen LogP contribution is 2.10. The number of carbonyl (C=O) groups is 5. The minimum Gasteiger partial charge on any atom is -0.481 e. The highest BCUT2D eigenvalue weighted by Gasteiger charge is 2.34. The van der Waals surface area contributed by atoms with Gasteiger partial charge in [0.2, 0.25) is 23.6 Å². The van der Waals surface area contributed by atoms with E-state index in [1.54, 1.807) is 0 Å². The molecule has 14 nitrogen and oxygen atoms in total. The summed E-state index contributed by atoms with van der Waals surface area (Å²) < 4.78 is 0. The van der Waals surface area contributed by atoms with Gasteiger partial charge in [-0.1, -0.05) is 0 Å². The molecule has 0 spiro atoms. The van der Waals surface area contributed by atoms with Crippen molar-refractivity contribution in [3.63, 3.8) is 0 Å². The van der Waals surface area contributed by atoms with Gasteiger partial charge >= 0.3 is 5.97 Å². The maximum Gasteiger partial charge on any atom is 0.305 e. The van der Waals surface area contributed by atoms with E-state index in [0.29, 0.717) is 6.42 Å². The Balaban J connectivity index is 2.13. The van der Waals surface area contributed by atoms with Crippen LogP contribution in [0.3, 0.4) is 0 Å². The van der Waals surface area contributed by atoms with Gasteiger partial charge in [-0.2, -0.15) is 0 Å². The first-order valence-corrected chi connectivity index (χ1v) is 9.84. The third-order valence-electron chi connectivity index (χ3n) is 4.83. The van der Waals surface area contributed by atoms with Gasteiger partial charge in [0.1, 0.15) is 12.1 Å². The van der Waals surface area contributed by atoms with Gasteiger partial charge in [-0.25, -0.2) is 0 Å². The molecule has 2 heterocycles. The molecular formula is C17H28N8O6. The fourth-order valence-electron chi connectivity index (χ4n) is 3.31. The zero-order valence-corrected chi connectivity index (χ0v) is 16.8. The summed E-state index contributed by atoms with van der Waals surface area (Å²) >= 11 is 0. The van der Waals surface area contributed by atoms with Crippen LogP contribution in [-0.4, -0.2) is 84.5 Å². The maximum atomic E-state index is 12.6. The number of fused-ring (bicyclic) bond motifs is 2. The molecule has 0 radical (unpaired) electrons. The molecule has 2 rings (SSSR count). The molecule has 0 saturated carbocycles. The lowest BCUT2D eigenvalue weighted by Crippen LogP contribution is -2.55. The lowest BCUT2D eigenvalue weighted by atomic mass is 10.1. The van der Waals surface area contributed by atoms with Crippen molar-refractivity contribution in [2.75, 3.05) is 19.6 Å². The average molecular weight is 440 g/mol. The summed E-state index contributed by atoms with van der Waals surface area (Å²) in [7, 11) is 0. The summed E-state index contributed by atoms with van der Waals surface area (Å²) in [6.45, 7) is 0.0433. The average Bonchev–Trinajstić information content (AvgIpc) is 3.15. The van der Waals surface area contributed by atoms with Crippen LogP contribution in [0, 0.1) is 0 Å². The van der Waals surface area contributed by atoms with E-state index in [2.05, 4.69) is 31.6 Å². The van der Waals surface area contributed by atoms with Crippen LogP contribution in [0.1, 0.15) is 25.7 Å². The number of nitrogens with zero attached hydrogens (tertiary/aromatic N) is 1. The number of amides is 4. The van der Waals surface area contributed by atoms with E-state index >= 15 is 0 Å². The van der Waals surface area contributed by atoms with Gasteiger partial charge in [0.25, 0.3) is 0 Å². The highest BCUT2D eigenvalue weighted by molar-refractivity contribution is 5.94. The van der Waals surface area contributed by atoms with Gasteiger partial charge in [-0.05, 0) is 19.3 Å². The molecule has 2 aliphatic rings. The van der Waals surface area contributed by atoms with Crippen LogP contribution in [-0.2, 0) is 24.0 Å². The second-order valence-corrected chi connectivity index (χ2v) is 7.35. The van der Waals surface area contributed by atoms with Crippen molar-refractivity contribution in [2.45, 2.75) is 49.9 Å². The van der Waals surface area contributed by atoms with Crippen LogP contribution in [0.2, 0.25) is 0 Å². The van der Waals surface area contributed by atoms with Crippen LogP contribution in [0.15, 0.2) is 4.99 Å². The topological polar surface area (TPSA) is 230 Å². The third kappa shape index (κ3) is 7.73. The molecule has 4 atom stereocenters. The molecular weight excluding hydrogens is 412 g/mol. The van der Waals surface area contributed by atoms with Crippen molar-refractivity contribution in [3.8, 4) is 0 Å². The van der Waals surface area contributed by atoms with Crippen molar-refractivity contribution in [3.05, 3.63) is 0 Å². The normalized spacial score (nSPS) is 27.2. The predicted octanol–water partition coefficient (Wildman–Crippen LogP) is -4.54. The number of aliphatic imine (C=N–C) groups is 1. The molecule has 2 fully saturated rings. The Hall–Kier alpha value is -3.42. The molecule has 10 N–H and O–H groups in total. The number of guanidine groups is 1. The van der Waals surface area contributed by atoms with E-state index in [1.807, 2.05) is 0 Å². The molecule has 0 aliphatic carbocycles. The number of hydrogen-bond donors (Lipinski definition) is 8. The predicted molar refractivity (Wildman–Crippen MR) is 107 cm³/mol. The molecule has 0 aromatic heterocycles. The first kappa shape index (κ1) is 23.9. The fourth-order valence-corrected chi connectivity index (χ4v) is 3.31. The van der Waals surface area contributed by atoms with E-state index in [-0.39, 0.29) is 31.9 Å². The largest absolute Gasteiger partial charge is 0.481 e. The number of hydrogen-bond acceptors (Lipinski definition) is 7. The second-order valence-electron chi connectivity index (χ2n) is 7.35. The minimum absolute atomic E-state index is 0.0877. The molecule has 4 amide bonds. The van der Waals surface area contributed by atoms with E-state index < -0.39 is 66.7 Å². The number of nitrogens with one attached hydrogen (secondary N) is 5. The maximum absolute atomic E-state index is 12.6. The summed E-state index contributed by atoms with van der Waals surface area (Å²) in [6.07, 6.45) is 0.251. The zero-order valence-electron chi connectivity index (χ0n) is 16.8. The smallest absolute Gasteiger partial charge is 0.305 e. The molecule has 14 heteroatoms. The molecule has 2 aliphatic heterocycles. The van der Waals surface area contributed by atoms with Gasteiger partial charge in [0, 0.05) is 19.1 Å². The van der Waals surface area contributed by atoms with Gasteiger partial charge < -0.3 is 43.2 Å². The summed E-state index contributed by atoms with van der Waals surface area (Å²) in [5.74, 6) is -3.80. The van der Waals surface area contributed by atoms with Gasteiger partial charge in [0.15, 0.2) is 5.96 Å². The molecule has 172 valence electrons. The first-order chi connectivity index (χ1) is 14.7. The summed E-state index contributed by atoms with van der Waals surface area (Å²) in [5.41, 5.74) is 10.5. The molecule has 31 heavy (non-hydrogen) atoms. The summed E-state index contributed by atoms with van der Waals surface area (Å²) in [6, 6.07) is -3.32. The number of carboxylic acids is 1. The molecule has 2 bridgehead atoms. The number of carbonyl (C=O) groups excluding carboxylic acids is 4. The zero-order chi connectivity index (χ0) is 23.0. The Morgan fingerprint density at radius 2 is 1.77 bits per heavy atom. The van der Waals surface area contributed by atoms with E-state index in [1.165, 1.54) is 0 Å². The standard InChI is InChI=1S/C17H28N8O6/c18-17(19)20-3-1-2-9-14(29)22-7-12(26)24-11(5-13(27)28)16(31)23-8-4-10(21-6-8)15(30)25-9/h8-11,21H,1-7H2,(H,22,29)(H,23,31)(H,24,26)(H,25,30)(H,27,28)(H4,18,19,20)/t8-,9?,10?,11?/m0/s1. The van der Waals surface area contributed by atoms with Gasteiger partial charge in [-0.15, -0.1) is 0 Å². The van der Waals surface area contributed by atoms with E-state index in [4.69, 9.17) is 16.6 Å². The lowest BCUT2D eigenvalue weighted by molar-refractivity contribution is -0.141. The van der Waals surface area contributed by atoms with Crippen molar-refractivity contribution in [1.82, 2.24) is 26.6 Å². The second kappa shape index (κ2) is 11.1. The quantitative estimate of drug-likeness (QED) is 0.113. The van der Waals surface area contributed by atoms with Crippen LogP contribution < -0.4 is 38.1 Å².